The van der Waals surface area contributed by atoms with Gasteiger partial charge in [-0.05, 0) is 31.7 Å². The zero-order chi connectivity index (χ0) is 13.8. The number of aromatic nitrogens is 2. The predicted octanol–water partition coefficient (Wildman–Crippen LogP) is 3.81. The van der Waals surface area contributed by atoms with Gasteiger partial charge in [-0.25, -0.2) is 4.68 Å². The van der Waals surface area contributed by atoms with E-state index in [1.807, 2.05) is 11.6 Å². The average Bonchev–Trinajstić information content (AvgIpc) is 3.01. The molecule has 0 aliphatic rings. The first kappa shape index (κ1) is 13.9. The van der Waals surface area contributed by atoms with Crippen LogP contribution in [-0.2, 0) is 6.54 Å². The molecule has 0 saturated heterocycles. The Balaban J connectivity index is 2.27. The molecule has 0 bridgehead atoms. The molecule has 3 N–H and O–H groups in total. The molecule has 0 fully saturated rings. The molecule has 19 heavy (non-hydrogen) atoms. The van der Waals surface area contributed by atoms with Crippen LogP contribution in [0.3, 0.4) is 0 Å². The minimum atomic E-state index is 0.314. The summed E-state index contributed by atoms with van der Waals surface area (Å²) in [7, 11) is 0. The van der Waals surface area contributed by atoms with Gasteiger partial charge < -0.3 is 11.1 Å². The van der Waals surface area contributed by atoms with Crippen molar-refractivity contribution in [3.8, 4) is 0 Å². The zero-order valence-corrected chi connectivity index (χ0v) is 12.6. The highest BCUT2D eigenvalue weighted by Crippen LogP contribution is 2.31. The summed E-state index contributed by atoms with van der Waals surface area (Å²) in [5, 5.41) is 10.1. The molecule has 0 saturated carbocycles. The Hall–Kier alpha value is -1.49. The first-order valence-electron chi connectivity index (χ1n) is 6.80. The predicted molar refractivity (Wildman–Crippen MR) is 82.6 cm³/mol. The Morgan fingerprint density at radius 2 is 2.26 bits per heavy atom. The van der Waals surface area contributed by atoms with Gasteiger partial charge in [0, 0.05) is 11.4 Å². The summed E-state index contributed by atoms with van der Waals surface area (Å²) >= 11 is 1.78. The van der Waals surface area contributed by atoms with Crippen molar-refractivity contribution < 1.29 is 0 Å². The molecule has 4 nitrogen and oxygen atoms in total. The van der Waals surface area contributed by atoms with E-state index >= 15 is 0 Å². The van der Waals surface area contributed by atoms with Crippen LogP contribution in [0, 0.1) is 6.92 Å². The Morgan fingerprint density at radius 1 is 1.47 bits per heavy atom. The summed E-state index contributed by atoms with van der Waals surface area (Å²) in [6.45, 7) is 7.06. The summed E-state index contributed by atoms with van der Waals surface area (Å²) in [5.74, 6) is 0.951. The van der Waals surface area contributed by atoms with E-state index in [-0.39, 0.29) is 0 Å². The van der Waals surface area contributed by atoms with Gasteiger partial charge in [0.05, 0.1) is 17.4 Å². The van der Waals surface area contributed by atoms with E-state index in [4.69, 9.17) is 5.73 Å². The standard InChI is InChI=1S/C14H22N4S/c1-4-7-11(12-8-6-9-19-12)16-14-13(15)10(3)17-18(14)5-2/h6,8-9,11,16H,4-5,7,15H2,1-3H3. The molecule has 2 heterocycles. The summed E-state index contributed by atoms with van der Waals surface area (Å²) < 4.78 is 1.95. The van der Waals surface area contributed by atoms with Crippen LogP contribution >= 0.6 is 11.3 Å². The number of hydrogen-bond donors (Lipinski definition) is 2. The number of nitrogens with zero attached hydrogens (tertiary/aromatic N) is 2. The highest BCUT2D eigenvalue weighted by Gasteiger charge is 2.17. The van der Waals surface area contributed by atoms with E-state index in [0.717, 1.165) is 36.6 Å². The van der Waals surface area contributed by atoms with Gasteiger partial charge in [0.25, 0.3) is 0 Å². The number of thiophene rings is 1. The average molecular weight is 278 g/mol. The molecule has 0 radical (unpaired) electrons. The summed E-state index contributed by atoms with van der Waals surface area (Å²) in [6.07, 6.45) is 2.22. The van der Waals surface area contributed by atoms with Crippen LogP contribution < -0.4 is 11.1 Å². The number of anilines is 2. The molecule has 2 aromatic heterocycles. The normalized spacial score (nSPS) is 12.6. The van der Waals surface area contributed by atoms with Gasteiger partial charge >= 0.3 is 0 Å². The fraction of sp³-hybridized carbons (Fsp3) is 0.500. The molecule has 0 aromatic carbocycles. The smallest absolute Gasteiger partial charge is 0.148 e. The number of aryl methyl sites for hydroxylation is 2. The lowest BCUT2D eigenvalue weighted by Gasteiger charge is -2.19. The lowest BCUT2D eigenvalue weighted by Crippen LogP contribution is -2.14. The Labute approximate surface area is 118 Å². The third kappa shape index (κ3) is 2.92. The molecule has 0 spiro atoms. The van der Waals surface area contributed by atoms with Crippen molar-refractivity contribution in [2.75, 3.05) is 11.1 Å². The summed E-state index contributed by atoms with van der Waals surface area (Å²) in [5.41, 5.74) is 7.79. The van der Waals surface area contributed by atoms with Crippen LogP contribution in [0.2, 0.25) is 0 Å². The molecule has 2 rings (SSSR count). The highest BCUT2D eigenvalue weighted by molar-refractivity contribution is 7.10. The van der Waals surface area contributed by atoms with Crippen LogP contribution in [0.1, 0.15) is 43.3 Å². The van der Waals surface area contributed by atoms with Crippen LogP contribution in [0.4, 0.5) is 11.5 Å². The van der Waals surface area contributed by atoms with Crippen LogP contribution in [-0.4, -0.2) is 9.78 Å². The van der Waals surface area contributed by atoms with Crippen molar-refractivity contribution in [2.24, 2.45) is 0 Å². The second kappa shape index (κ2) is 6.10. The van der Waals surface area contributed by atoms with E-state index in [9.17, 15) is 0 Å². The number of nitrogens with one attached hydrogen (secondary N) is 1. The van der Waals surface area contributed by atoms with Crippen molar-refractivity contribution in [2.45, 2.75) is 46.2 Å². The van der Waals surface area contributed by atoms with E-state index in [1.54, 1.807) is 11.3 Å². The Bertz CT molecular complexity index is 516. The molecule has 5 heteroatoms. The number of hydrogen-bond acceptors (Lipinski definition) is 4. The lowest BCUT2D eigenvalue weighted by atomic mass is 10.1. The SMILES string of the molecule is CCCC(Nc1c(N)c(C)nn1CC)c1cccs1. The third-order valence-electron chi connectivity index (χ3n) is 3.25. The maximum atomic E-state index is 6.13. The van der Waals surface area contributed by atoms with E-state index in [1.165, 1.54) is 4.88 Å². The lowest BCUT2D eigenvalue weighted by molar-refractivity contribution is 0.631. The first-order valence-corrected chi connectivity index (χ1v) is 7.68. The topological polar surface area (TPSA) is 55.9 Å². The van der Waals surface area contributed by atoms with Crippen molar-refractivity contribution >= 4 is 22.8 Å². The highest BCUT2D eigenvalue weighted by atomic mass is 32.1. The van der Waals surface area contributed by atoms with E-state index in [2.05, 4.69) is 41.8 Å². The van der Waals surface area contributed by atoms with Crippen LogP contribution in [0.5, 0.6) is 0 Å². The minimum Gasteiger partial charge on any atom is -0.394 e. The van der Waals surface area contributed by atoms with Gasteiger partial charge in [-0.15, -0.1) is 11.3 Å². The fourth-order valence-corrected chi connectivity index (χ4v) is 3.02. The monoisotopic (exact) mass is 278 g/mol. The van der Waals surface area contributed by atoms with Crippen LogP contribution in [0.25, 0.3) is 0 Å². The maximum Gasteiger partial charge on any atom is 0.148 e. The second-order valence-corrected chi connectivity index (χ2v) is 5.64. The zero-order valence-electron chi connectivity index (χ0n) is 11.8. The second-order valence-electron chi connectivity index (χ2n) is 4.66. The third-order valence-corrected chi connectivity index (χ3v) is 4.23. The first-order chi connectivity index (χ1) is 9.17. The van der Waals surface area contributed by atoms with Crippen molar-refractivity contribution in [3.05, 3.63) is 28.1 Å². The molecular formula is C14H22N4S. The molecule has 1 atom stereocenters. The van der Waals surface area contributed by atoms with Gasteiger partial charge in [-0.2, -0.15) is 5.10 Å². The minimum absolute atomic E-state index is 0.314. The van der Waals surface area contributed by atoms with Gasteiger partial charge in [0.2, 0.25) is 0 Å². The van der Waals surface area contributed by atoms with Gasteiger partial charge in [0.15, 0.2) is 0 Å². The number of rotatable bonds is 6. The molecule has 0 amide bonds. The molecule has 104 valence electrons. The maximum absolute atomic E-state index is 6.13. The van der Waals surface area contributed by atoms with Gasteiger partial charge in [0.1, 0.15) is 5.82 Å². The summed E-state index contributed by atoms with van der Waals surface area (Å²) in [6, 6.07) is 4.58. The molecule has 1 unspecified atom stereocenters. The molecule has 2 aromatic rings. The molecule has 0 aliphatic heterocycles. The van der Waals surface area contributed by atoms with Crippen molar-refractivity contribution in [1.29, 1.82) is 0 Å². The fourth-order valence-electron chi connectivity index (χ4n) is 2.21. The summed E-state index contributed by atoms with van der Waals surface area (Å²) in [4.78, 5) is 1.35. The van der Waals surface area contributed by atoms with E-state index in [0.29, 0.717) is 6.04 Å². The largest absolute Gasteiger partial charge is 0.394 e. The van der Waals surface area contributed by atoms with Crippen molar-refractivity contribution in [1.82, 2.24) is 9.78 Å². The van der Waals surface area contributed by atoms with Crippen LogP contribution in [0.15, 0.2) is 17.5 Å². The van der Waals surface area contributed by atoms with Gasteiger partial charge in [-0.1, -0.05) is 19.4 Å². The molecular weight excluding hydrogens is 256 g/mol. The van der Waals surface area contributed by atoms with Crippen molar-refractivity contribution in [3.63, 3.8) is 0 Å². The van der Waals surface area contributed by atoms with E-state index < -0.39 is 0 Å². The van der Waals surface area contributed by atoms with Gasteiger partial charge in [-0.3, -0.25) is 0 Å². The quantitative estimate of drug-likeness (QED) is 0.845. The number of nitrogen functional groups attached to an aromatic ring is 1. The Morgan fingerprint density at radius 3 is 2.84 bits per heavy atom. The number of nitrogens with two attached hydrogens (primary N) is 1. The molecule has 0 aliphatic carbocycles. The Kier molecular flexibility index (Phi) is 4.47.